The van der Waals surface area contributed by atoms with Gasteiger partial charge in [-0.15, -0.1) is 0 Å². The molecule has 4 nitrogen and oxygen atoms in total. The first-order valence-electron chi connectivity index (χ1n) is 9.51. The Labute approximate surface area is 175 Å². The first-order valence-corrected chi connectivity index (χ1v) is 10.3. The highest BCUT2D eigenvalue weighted by Gasteiger charge is 2.36. The van der Waals surface area contributed by atoms with Crippen molar-refractivity contribution >= 4 is 40.7 Å². The van der Waals surface area contributed by atoms with E-state index < -0.39 is 0 Å². The van der Waals surface area contributed by atoms with Gasteiger partial charge in [0, 0.05) is 35.2 Å². The lowest BCUT2D eigenvalue weighted by atomic mass is 9.96. The maximum absolute atomic E-state index is 12.6. The minimum absolute atomic E-state index is 0.0135. The van der Waals surface area contributed by atoms with E-state index in [1.165, 1.54) is 0 Å². The molecule has 1 fully saturated rings. The number of benzene rings is 2. The van der Waals surface area contributed by atoms with E-state index >= 15 is 0 Å². The van der Waals surface area contributed by atoms with Crippen molar-refractivity contribution in [3.05, 3.63) is 63.6 Å². The Balaban J connectivity index is 1.68. The van der Waals surface area contributed by atoms with E-state index in [-0.39, 0.29) is 24.2 Å². The fourth-order valence-electron chi connectivity index (χ4n) is 3.48. The number of nitrogens with zero attached hydrogens (tertiary/aromatic N) is 1. The fraction of sp³-hybridized carbons (Fsp3) is 0.364. The normalized spacial score (nSPS) is 17.6. The molecule has 1 aliphatic heterocycles. The van der Waals surface area contributed by atoms with E-state index in [2.05, 4.69) is 25.2 Å². The molecular formula is C22H24Cl2N2O2. The fourth-order valence-corrected chi connectivity index (χ4v) is 3.95. The topological polar surface area (TPSA) is 49.4 Å². The highest BCUT2D eigenvalue weighted by Crippen LogP contribution is 2.33. The van der Waals surface area contributed by atoms with Crippen LogP contribution < -0.4 is 10.2 Å². The second-order valence-electron chi connectivity index (χ2n) is 7.23. The third kappa shape index (κ3) is 4.50. The summed E-state index contributed by atoms with van der Waals surface area (Å²) in [6, 6.07) is 13.1. The molecule has 2 aromatic rings. The number of nitrogens with one attached hydrogen (secondary N) is 1. The Morgan fingerprint density at radius 3 is 2.71 bits per heavy atom. The Morgan fingerprint density at radius 2 is 2.00 bits per heavy atom. The summed E-state index contributed by atoms with van der Waals surface area (Å²) in [5, 5.41) is 3.96. The van der Waals surface area contributed by atoms with Gasteiger partial charge in [-0.1, -0.05) is 61.3 Å². The molecule has 0 aromatic heterocycles. The maximum atomic E-state index is 12.6. The lowest BCUT2D eigenvalue weighted by molar-refractivity contribution is -0.126. The Hall–Kier alpha value is -2.04. The van der Waals surface area contributed by atoms with Gasteiger partial charge in [-0.05, 0) is 41.7 Å². The summed E-state index contributed by atoms with van der Waals surface area (Å²) < 4.78 is 0. The van der Waals surface area contributed by atoms with E-state index in [1.807, 2.05) is 18.2 Å². The number of halogens is 2. The van der Waals surface area contributed by atoms with Crippen LogP contribution in [0.2, 0.25) is 10.0 Å². The van der Waals surface area contributed by atoms with Gasteiger partial charge in [-0.3, -0.25) is 9.59 Å². The first kappa shape index (κ1) is 20.7. The van der Waals surface area contributed by atoms with Crippen molar-refractivity contribution in [3.63, 3.8) is 0 Å². The third-order valence-corrected chi connectivity index (χ3v) is 5.92. The number of anilines is 1. The number of hydrogen-bond acceptors (Lipinski definition) is 2. The molecule has 0 saturated carbocycles. The molecule has 6 heteroatoms. The summed E-state index contributed by atoms with van der Waals surface area (Å²) in [7, 11) is 0. The van der Waals surface area contributed by atoms with Crippen molar-refractivity contribution in [1.29, 1.82) is 0 Å². The summed E-state index contributed by atoms with van der Waals surface area (Å²) >= 11 is 12.1. The lowest BCUT2D eigenvalue weighted by Gasteiger charge is -2.23. The van der Waals surface area contributed by atoms with Gasteiger partial charge in [0.05, 0.1) is 5.92 Å². The maximum Gasteiger partial charge on any atom is 0.227 e. The predicted molar refractivity (Wildman–Crippen MR) is 114 cm³/mol. The molecule has 0 aliphatic carbocycles. The molecule has 28 heavy (non-hydrogen) atoms. The SMILES string of the molecule is CC[C@H](C)c1ccccc1N1C[C@@H](C(=O)NCc2ccc(Cl)cc2Cl)CC1=O. The van der Waals surface area contributed by atoms with Crippen molar-refractivity contribution < 1.29 is 9.59 Å². The minimum atomic E-state index is -0.372. The van der Waals surface area contributed by atoms with Crippen molar-refractivity contribution in [1.82, 2.24) is 5.32 Å². The van der Waals surface area contributed by atoms with Crippen molar-refractivity contribution in [3.8, 4) is 0 Å². The van der Waals surface area contributed by atoms with Gasteiger partial charge in [-0.25, -0.2) is 0 Å². The molecule has 0 radical (unpaired) electrons. The second kappa shape index (κ2) is 8.97. The zero-order valence-electron chi connectivity index (χ0n) is 16.0. The molecule has 148 valence electrons. The second-order valence-corrected chi connectivity index (χ2v) is 8.07. The number of para-hydroxylation sites is 1. The van der Waals surface area contributed by atoms with Gasteiger partial charge < -0.3 is 10.2 Å². The number of amides is 2. The molecule has 1 N–H and O–H groups in total. The molecule has 2 amide bonds. The van der Waals surface area contributed by atoms with Crippen LogP contribution in [0.15, 0.2) is 42.5 Å². The van der Waals surface area contributed by atoms with E-state index in [4.69, 9.17) is 23.2 Å². The smallest absolute Gasteiger partial charge is 0.227 e. The molecule has 1 saturated heterocycles. The molecule has 1 aliphatic rings. The van der Waals surface area contributed by atoms with Crippen LogP contribution in [0.3, 0.4) is 0 Å². The Kier molecular flexibility index (Phi) is 6.63. The monoisotopic (exact) mass is 418 g/mol. The zero-order valence-corrected chi connectivity index (χ0v) is 17.6. The zero-order chi connectivity index (χ0) is 20.3. The lowest BCUT2D eigenvalue weighted by Crippen LogP contribution is -2.33. The molecule has 0 bridgehead atoms. The number of hydrogen-bond donors (Lipinski definition) is 1. The summed E-state index contributed by atoms with van der Waals surface area (Å²) in [5.74, 6) is -0.171. The summed E-state index contributed by atoms with van der Waals surface area (Å²) in [6.45, 7) is 4.99. The number of carbonyl (C=O) groups excluding carboxylic acids is 2. The Morgan fingerprint density at radius 1 is 1.25 bits per heavy atom. The molecule has 2 atom stereocenters. The predicted octanol–water partition coefficient (Wildman–Crippen LogP) is 5.18. The van der Waals surface area contributed by atoms with Crippen LogP contribution in [0.5, 0.6) is 0 Å². The van der Waals surface area contributed by atoms with E-state index in [1.54, 1.807) is 23.1 Å². The van der Waals surface area contributed by atoms with Gasteiger partial charge in [0.2, 0.25) is 11.8 Å². The first-order chi connectivity index (χ1) is 13.4. The van der Waals surface area contributed by atoms with E-state index in [0.29, 0.717) is 29.1 Å². The molecule has 2 aromatic carbocycles. The molecule has 1 heterocycles. The van der Waals surface area contributed by atoms with Crippen molar-refractivity contribution in [2.45, 2.75) is 39.2 Å². The summed E-state index contributed by atoms with van der Waals surface area (Å²) in [6.07, 6.45) is 1.21. The number of rotatable bonds is 6. The van der Waals surface area contributed by atoms with Gasteiger partial charge in [0.25, 0.3) is 0 Å². The van der Waals surface area contributed by atoms with Crippen LogP contribution >= 0.6 is 23.2 Å². The summed E-state index contributed by atoms with van der Waals surface area (Å²) in [4.78, 5) is 27.0. The van der Waals surface area contributed by atoms with Crippen LogP contribution in [0, 0.1) is 5.92 Å². The average Bonchev–Trinajstić information content (AvgIpc) is 3.08. The third-order valence-electron chi connectivity index (χ3n) is 5.33. The van der Waals surface area contributed by atoms with Crippen LogP contribution in [-0.2, 0) is 16.1 Å². The summed E-state index contributed by atoms with van der Waals surface area (Å²) in [5.41, 5.74) is 2.85. The van der Waals surface area contributed by atoms with Crippen LogP contribution in [0.4, 0.5) is 5.69 Å². The quantitative estimate of drug-likeness (QED) is 0.702. The van der Waals surface area contributed by atoms with E-state index in [0.717, 1.165) is 23.2 Å². The standard InChI is InChI=1S/C22H24Cl2N2O2/c1-3-14(2)18-6-4-5-7-20(18)26-13-16(10-21(26)27)22(28)25-12-15-8-9-17(23)11-19(15)24/h4-9,11,14,16H,3,10,12-13H2,1-2H3,(H,25,28)/t14-,16-/m0/s1. The molecule has 0 unspecified atom stereocenters. The highest BCUT2D eigenvalue weighted by atomic mass is 35.5. The van der Waals surface area contributed by atoms with E-state index in [9.17, 15) is 9.59 Å². The molecule has 3 rings (SSSR count). The highest BCUT2D eigenvalue weighted by molar-refractivity contribution is 6.35. The van der Waals surface area contributed by atoms with Gasteiger partial charge in [0.1, 0.15) is 0 Å². The Bertz CT molecular complexity index is 885. The number of carbonyl (C=O) groups is 2. The van der Waals surface area contributed by atoms with Gasteiger partial charge in [-0.2, -0.15) is 0 Å². The van der Waals surface area contributed by atoms with Gasteiger partial charge in [0.15, 0.2) is 0 Å². The van der Waals surface area contributed by atoms with Crippen LogP contribution in [0.1, 0.15) is 43.7 Å². The van der Waals surface area contributed by atoms with Crippen molar-refractivity contribution in [2.75, 3.05) is 11.4 Å². The minimum Gasteiger partial charge on any atom is -0.352 e. The van der Waals surface area contributed by atoms with Crippen LogP contribution in [0.25, 0.3) is 0 Å². The molecular weight excluding hydrogens is 395 g/mol. The van der Waals surface area contributed by atoms with Crippen molar-refractivity contribution in [2.24, 2.45) is 5.92 Å². The largest absolute Gasteiger partial charge is 0.352 e. The van der Waals surface area contributed by atoms with Gasteiger partial charge >= 0.3 is 0 Å². The average molecular weight is 419 g/mol. The molecule has 0 spiro atoms. The van der Waals surface area contributed by atoms with Crippen LogP contribution in [-0.4, -0.2) is 18.4 Å².